The minimum absolute atomic E-state index is 0.251. The third kappa shape index (κ3) is 9.57. The van der Waals surface area contributed by atoms with Crippen molar-refractivity contribution in [3.63, 3.8) is 0 Å². The maximum absolute atomic E-state index is 14.8. The molecule has 32 heavy (non-hydrogen) atoms. The van der Waals surface area contributed by atoms with Gasteiger partial charge in [-0.1, -0.05) is 63.3 Å². The van der Waals surface area contributed by atoms with Gasteiger partial charge in [0.2, 0.25) is 0 Å². The van der Waals surface area contributed by atoms with Gasteiger partial charge in [-0.05, 0) is 54.0 Å². The molecule has 174 valence electrons. The van der Waals surface area contributed by atoms with E-state index >= 15 is 0 Å². The predicted molar refractivity (Wildman–Crippen MR) is 139 cm³/mol. The van der Waals surface area contributed by atoms with Crippen molar-refractivity contribution < 1.29 is 4.39 Å². The van der Waals surface area contributed by atoms with Crippen molar-refractivity contribution in [3.05, 3.63) is 77.2 Å². The van der Waals surface area contributed by atoms with Crippen molar-refractivity contribution in [1.29, 1.82) is 0 Å². The Morgan fingerprint density at radius 3 is 2.72 bits per heavy atom. The normalized spacial score (nSPS) is 13.6. The lowest BCUT2D eigenvalue weighted by Gasteiger charge is -2.22. The van der Waals surface area contributed by atoms with Gasteiger partial charge in [0, 0.05) is 38.0 Å². The molecule has 1 unspecified atom stereocenters. The van der Waals surface area contributed by atoms with E-state index in [1.54, 1.807) is 0 Å². The van der Waals surface area contributed by atoms with Crippen LogP contribution in [0.1, 0.15) is 51.2 Å². The molecular formula is C28H38ClFN2. The highest BCUT2D eigenvalue weighted by atomic mass is 35.5. The molecule has 1 aromatic carbocycles. The van der Waals surface area contributed by atoms with Gasteiger partial charge in [-0.15, -0.1) is 23.9 Å². The smallest absolute Gasteiger partial charge is 0.131 e. The van der Waals surface area contributed by atoms with Gasteiger partial charge in [-0.2, -0.15) is 0 Å². The summed E-state index contributed by atoms with van der Waals surface area (Å²) in [5.74, 6) is 3.25. The Bertz CT molecular complexity index is 861. The number of rotatable bonds is 14. The number of hydrogen-bond acceptors (Lipinski definition) is 2. The number of unbranched alkanes of at least 4 members (excludes halogenated alkanes) is 1. The number of benzene rings is 1. The molecule has 0 saturated carbocycles. The van der Waals surface area contributed by atoms with E-state index in [0.717, 1.165) is 49.1 Å². The number of alkyl halides is 1. The molecule has 0 saturated heterocycles. The third-order valence-electron chi connectivity index (χ3n) is 5.27. The summed E-state index contributed by atoms with van der Waals surface area (Å²) in [4.78, 5) is 0. The quantitative estimate of drug-likeness (QED) is 0.141. The molecule has 0 aromatic heterocycles. The fraction of sp³-hybridized carbons (Fsp3) is 0.429. The number of hydrogen-bond donors (Lipinski definition) is 1. The molecule has 0 spiro atoms. The Morgan fingerprint density at radius 1 is 1.38 bits per heavy atom. The fourth-order valence-electron chi connectivity index (χ4n) is 3.44. The zero-order valence-corrected chi connectivity index (χ0v) is 20.8. The van der Waals surface area contributed by atoms with E-state index in [2.05, 4.69) is 48.9 Å². The standard InChI is InChI=1S/C28H38ClFN2/c1-7-10-13-25(27-17-15-24(12-8-2)20-28(27)30)16-14-22(4)26(9-3)23(5)21-31-32(6)19-11-18-29/h2,9,13-17,20,23,31H,4,7,10-12,18-19,21H2,1,3,5-6H3/b16-14-,25-13+,26-9?. The van der Waals surface area contributed by atoms with Crippen molar-refractivity contribution in [2.75, 3.05) is 26.0 Å². The Labute approximate surface area is 199 Å². The van der Waals surface area contributed by atoms with Crippen molar-refractivity contribution in [1.82, 2.24) is 10.4 Å². The van der Waals surface area contributed by atoms with Gasteiger partial charge in [0.25, 0.3) is 0 Å². The molecule has 4 heteroatoms. The first kappa shape index (κ1) is 27.9. The number of allylic oxidation sites excluding steroid dienone is 6. The molecule has 0 radical (unpaired) electrons. The highest BCUT2D eigenvalue weighted by molar-refractivity contribution is 6.17. The van der Waals surface area contributed by atoms with E-state index in [1.165, 1.54) is 11.6 Å². The predicted octanol–water partition coefficient (Wildman–Crippen LogP) is 6.95. The van der Waals surface area contributed by atoms with E-state index in [-0.39, 0.29) is 11.7 Å². The van der Waals surface area contributed by atoms with Crippen LogP contribution in [0.5, 0.6) is 0 Å². The van der Waals surface area contributed by atoms with Gasteiger partial charge < -0.3 is 0 Å². The van der Waals surface area contributed by atoms with Crippen molar-refractivity contribution >= 4 is 17.2 Å². The second-order valence-electron chi connectivity index (χ2n) is 7.97. The topological polar surface area (TPSA) is 15.3 Å². The first-order valence-electron chi connectivity index (χ1n) is 11.3. The van der Waals surface area contributed by atoms with E-state index in [0.29, 0.717) is 17.9 Å². The van der Waals surface area contributed by atoms with Crippen LogP contribution >= 0.6 is 11.6 Å². The lowest BCUT2D eigenvalue weighted by atomic mass is 9.93. The minimum Gasteiger partial charge on any atom is -0.255 e. The summed E-state index contributed by atoms with van der Waals surface area (Å²) in [6, 6.07) is 5.24. The van der Waals surface area contributed by atoms with E-state index in [4.69, 9.17) is 18.0 Å². The van der Waals surface area contributed by atoms with Gasteiger partial charge in [0.1, 0.15) is 5.82 Å². The number of halogens is 2. The summed E-state index contributed by atoms with van der Waals surface area (Å²) in [6.45, 7) is 12.3. The molecule has 0 heterocycles. The molecule has 0 fully saturated rings. The van der Waals surface area contributed by atoms with Gasteiger partial charge in [-0.25, -0.2) is 9.40 Å². The third-order valence-corrected chi connectivity index (χ3v) is 5.54. The van der Waals surface area contributed by atoms with Crippen LogP contribution in [0, 0.1) is 24.1 Å². The fourth-order valence-corrected chi connectivity index (χ4v) is 3.56. The number of hydrazine groups is 1. The van der Waals surface area contributed by atoms with Crippen LogP contribution in [0.3, 0.4) is 0 Å². The molecule has 1 N–H and O–H groups in total. The van der Waals surface area contributed by atoms with Crippen LogP contribution in [-0.2, 0) is 6.42 Å². The molecule has 0 aliphatic carbocycles. The maximum Gasteiger partial charge on any atom is 0.131 e. The van der Waals surface area contributed by atoms with Crippen LogP contribution in [-0.4, -0.2) is 31.0 Å². The van der Waals surface area contributed by atoms with E-state index in [1.807, 2.05) is 38.3 Å². The van der Waals surface area contributed by atoms with Gasteiger partial charge in [0.15, 0.2) is 0 Å². The summed E-state index contributed by atoms with van der Waals surface area (Å²) >= 11 is 5.77. The van der Waals surface area contributed by atoms with Crippen molar-refractivity contribution in [2.24, 2.45) is 5.92 Å². The van der Waals surface area contributed by atoms with Crippen LogP contribution in [0.15, 0.2) is 60.2 Å². The molecule has 0 aliphatic heterocycles. The molecule has 2 nitrogen and oxygen atoms in total. The first-order valence-corrected chi connectivity index (χ1v) is 11.9. The summed E-state index contributed by atoms with van der Waals surface area (Å²) in [5.41, 5.74) is 7.77. The lowest BCUT2D eigenvalue weighted by Crippen LogP contribution is -2.38. The average Bonchev–Trinajstić information content (AvgIpc) is 2.77. The molecule has 1 aromatic rings. The number of nitrogens with zero attached hydrogens (tertiary/aromatic N) is 1. The number of nitrogens with one attached hydrogen (secondary N) is 1. The SMILES string of the molecule is C#CCc1ccc(C(/C=C\C(=C)C(=CC)C(C)CNN(C)CCCCl)=C/CCC)c(F)c1. The van der Waals surface area contributed by atoms with E-state index < -0.39 is 0 Å². The zero-order chi connectivity index (χ0) is 23.9. The zero-order valence-electron chi connectivity index (χ0n) is 20.1. The van der Waals surface area contributed by atoms with Crippen LogP contribution < -0.4 is 5.43 Å². The maximum atomic E-state index is 14.8. The molecular weight excluding hydrogens is 419 g/mol. The minimum atomic E-state index is -0.251. The monoisotopic (exact) mass is 456 g/mol. The second-order valence-corrected chi connectivity index (χ2v) is 8.35. The summed E-state index contributed by atoms with van der Waals surface area (Å²) in [7, 11) is 2.03. The average molecular weight is 457 g/mol. The molecule has 0 aliphatic rings. The lowest BCUT2D eigenvalue weighted by molar-refractivity contribution is 0.226. The largest absolute Gasteiger partial charge is 0.255 e. The second kappa shape index (κ2) is 15.6. The molecule has 1 rings (SSSR count). The van der Waals surface area contributed by atoms with Crippen LogP contribution in [0.2, 0.25) is 0 Å². The van der Waals surface area contributed by atoms with Gasteiger partial charge in [0.05, 0.1) is 0 Å². The molecule has 0 amide bonds. The molecule has 1 atom stereocenters. The Hall–Kier alpha value is -2.12. The Morgan fingerprint density at radius 2 is 2.12 bits per heavy atom. The van der Waals surface area contributed by atoms with Crippen molar-refractivity contribution in [3.8, 4) is 12.3 Å². The van der Waals surface area contributed by atoms with Crippen molar-refractivity contribution in [2.45, 2.75) is 46.5 Å². The van der Waals surface area contributed by atoms with Crippen LogP contribution in [0.25, 0.3) is 5.57 Å². The number of terminal acetylenes is 1. The van der Waals surface area contributed by atoms with Crippen LogP contribution in [0.4, 0.5) is 4.39 Å². The van der Waals surface area contributed by atoms with Gasteiger partial charge in [-0.3, -0.25) is 5.43 Å². The highest BCUT2D eigenvalue weighted by Crippen LogP contribution is 2.25. The van der Waals surface area contributed by atoms with Gasteiger partial charge >= 0.3 is 0 Å². The first-order chi connectivity index (χ1) is 15.4. The Balaban J connectivity index is 2.96. The highest BCUT2D eigenvalue weighted by Gasteiger charge is 2.12. The Kier molecular flexibility index (Phi) is 13.6. The summed E-state index contributed by atoms with van der Waals surface area (Å²) in [6.07, 6.45) is 16.7. The molecule has 0 bridgehead atoms. The summed E-state index contributed by atoms with van der Waals surface area (Å²) in [5, 5.41) is 2.07. The van der Waals surface area contributed by atoms with E-state index in [9.17, 15) is 4.39 Å². The summed E-state index contributed by atoms with van der Waals surface area (Å²) < 4.78 is 14.8.